The van der Waals surface area contributed by atoms with Gasteiger partial charge in [-0.3, -0.25) is 14.5 Å². The van der Waals surface area contributed by atoms with Crippen LogP contribution in [0.25, 0.3) is 5.69 Å². The summed E-state index contributed by atoms with van der Waals surface area (Å²) in [5.74, 6) is 0.243. The second-order valence-corrected chi connectivity index (χ2v) is 5.76. The number of pyridine rings is 1. The SMILES string of the molecule is CNC(=O)[C@H]1CN(c2ccc3c(c2)OCc2cc(=O)ccn2-3)C(=O)O1. The van der Waals surface area contributed by atoms with E-state index in [-0.39, 0.29) is 24.5 Å². The average Bonchev–Trinajstić information content (AvgIpc) is 3.02. The molecule has 2 amide bonds. The third-order valence-corrected chi connectivity index (χ3v) is 4.25. The number of cyclic esters (lactones) is 1. The molecule has 25 heavy (non-hydrogen) atoms. The van der Waals surface area contributed by atoms with Gasteiger partial charge in [0.15, 0.2) is 11.5 Å². The summed E-state index contributed by atoms with van der Waals surface area (Å²) in [6, 6.07) is 8.30. The summed E-state index contributed by atoms with van der Waals surface area (Å²) in [6.07, 6.45) is 0.290. The summed E-state index contributed by atoms with van der Waals surface area (Å²) in [4.78, 5) is 36.6. The molecule has 2 aliphatic rings. The summed E-state index contributed by atoms with van der Waals surface area (Å²) >= 11 is 0. The highest BCUT2D eigenvalue weighted by molar-refractivity contribution is 5.95. The van der Waals surface area contributed by atoms with Crippen LogP contribution in [0.1, 0.15) is 5.69 Å². The molecular formula is C17H15N3O5. The lowest BCUT2D eigenvalue weighted by molar-refractivity contribution is -0.127. The first-order chi connectivity index (χ1) is 12.1. The van der Waals surface area contributed by atoms with Crippen LogP contribution < -0.4 is 20.4 Å². The van der Waals surface area contributed by atoms with Crippen LogP contribution in [0.4, 0.5) is 10.5 Å². The van der Waals surface area contributed by atoms with E-state index in [4.69, 9.17) is 9.47 Å². The molecule has 1 N–H and O–H groups in total. The molecule has 0 spiro atoms. The van der Waals surface area contributed by atoms with Crippen LogP contribution in [-0.4, -0.2) is 36.3 Å². The van der Waals surface area contributed by atoms with Gasteiger partial charge in [0.2, 0.25) is 0 Å². The molecule has 0 aliphatic carbocycles. The zero-order valence-electron chi connectivity index (χ0n) is 13.4. The number of hydrogen-bond donors (Lipinski definition) is 1. The maximum atomic E-state index is 12.1. The first-order valence-corrected chi connectivity index (χ1v) is 7.75. The van der Waals surface area contributed by atoms with E-state index in [9.17, 15) is 14.4 Å². The summed E-state index contributed by atoms with van der Waals surface area (Å²) in [5.41, 5.74) is 2.04. The molecule has 8 nitrogen and oxygen atoms in total. The lowest BCUT2D eigenvalue weighted by Gasteiger charge is -2.24. The molecule has 1 aromatic heterocycles. The normalized spacial score (nSPS) is 18.0. The summed E-state index contributed by atoms with van der Waals surface area (Å²) < 4.78 is 12.7. The number of fused-ring (bicyclic) bond motifs is 3. The molecule has 1 atom stereocenters. The number of carbonyl (C=O) groups is 2. The Labute approximate surface area is 142 Å². The highest BCUT2D eigenvalue weighted by Gasteiger charge is 2.37. The topological polar surface area (TPSA) is 89.9 Å². The van der Waals surface area contributed by atoms with Crippen molar-refractivity contribution in [2.45, 2.75) is 12.7 Å². The second kappa shape index (κ2) is 5.66. The highest BCUT2D eigenvalue weighted by atomic mass is 16.6. The maximum absolute atomic E-state index is 12.1. The molecule has 2 aliphatic heterocycles. The lowest BCUT2D eigenvalue weighted by atomic mass is 10.2. The highest BCUT2D eigenvalue weighted by Crippen LogP contribution is 2.34. The average molecular weight is 341 g/mol. The predicted molar refractivity (Wildman–Crippen MR) is 88.1 cm³/mol. The van der Waals surface area contributed by atoms with Crippen molar-refractivity contribution in [3.63, 3.8) is 0 Å². The van der Waals surface area contributed by atoms with Gasteiger partial charge in [-0.25, -0.2) is 4.79 Å². The molecule has 3 heterocycles. The van der Waals surface area contributed by atoms with Crippen molar-refractivity contribution in [3.05, 3.63) is 52.4 Å². The second-order valence-electron chi connectivity index (χ2n) is 5.76. The van der Waals surface area contributed by atoms with Gasteiger partial charge in [0.25, 0.3) is 5.91 Å². The maximum Gasteiger partial charge on any atom is 0.415 e. The van der Waals surface area contributed by atoms with Gasteiger partial charge in [-0.1, -0.05) is 0 Å². The number of anilines is 1. The fourth-order valence-electron chi connectivity index (χ4n) is 2.98. The number of nitrogens with one attached hydrogen (secondary N) is 1. The number of likely N-dealkylation sites (N-methyl/N-ethyl adjacent to an activating group) is 1. The number of amides is 2. The van der Waals surface area contributed by atoms with E-state index in [1.54, 1.807) is 24.4 Å². The van der Waals surface area contributed by atoms with Crippen LogP contribution in [0.2, 0.25) is 0 Å². The van der Waals surface area contributed by atoms with Crippen LogP contribution in [0.3, 0.4) is 0 Å². The Morgan fingerprint density at radius 3 is 2.88 bits per heavy atom. The molecule has 0 bridgehead atoms. The molecule has 0 unspecified atom stereocenters. The van der Waals surface area contributed by atoms with Crippen molar-refractivity contribution in [3.8, 4) is 11.4 Å². The molecule has 1 aromatic carbocycles. The van der Waals surface area contributed by atoms with Gasteiger partial charge in [-0.05, 0) is 12.1 Å². The zero-order valence-corrected chi connectivity index (χ0v) is 13.4. The Morgan fingerprint density at radius 1 is 1.24 bits per heavy atom. The van der Waals surface area contributed by atoms with Gasteiger partial charge in [0, 0.05) is 31.4 Å². The molecule has 1 fully saturated rings. The van der Waals surface area contributed by atoms with Gasteiger partial charge in [-0.15, -0.1) is 0 Å². The Kier molecular flexibility index (Phi) is 3.45. The number of carbonyl (C=O) groups excluding carboxylic acids is 2. The number of aromatic nitrogens is 1. The standard InChI is InChI=1S/C17H15N3O5/c1-18-16(22)15-8-20(17(23)25-15)10-2-3-13-14(7-10)24-9-11-6-12(21)4-5-19(11)13/h2-7,15H,8-9H2,1H3,(H,18,22)/t15-/m1/s1. The van der Waals surface area contributed by atoms with Gasteiger partial charge < -0.3 is 19.4 Å². The number of benzene rings is 1. The Morgan fingerprint density at radius 2 is 2.08 bits per heavy atom. The molecule has 0 saturated carbocycles. The number of nitrogens with zero attached hydrogens (tertiary/aromatic N) is 2. The Bertz CT molecular complexity index is 936. The van der Waals surface area contributed by atoms with E-state index in [1.165, 1.54) is 24.1 Å². The Hall–Kier alpha value is -3.29. The Balaban J connectivity index is 1.67. The first kappa shape index (κ1) is 15.3. The van der Waals surface area contributed by atoms with E-state index in [0.717, 1.165) is 11.4 Å². The lowest BCUT2D eigenvalue weighted by Crippen LogP contribution is -2.35. The van der Waals surface area contributed by atoms with Crippen molar-refractivity contribution in [1.29, 1.82) is 0 Å². The van der Waals surface area contributed by atoms with Gasteiger partial charge >= 0.3 is 6.09 Å². The van der Waals surface area contributed by atoms with Crippen LogP contribution in [-0.2, 0) is 16.1 Å². The fourth-order valence-corrected chi connectivity index (χ4v) is 2.98. The molecular weight excluding hydrogens is 326 g/mol. The van der Waals surface area contributed by atoms with Crippen LogP contribution in [0.5, 0.6) is 5.75 Å². The van der Waals surface area contributed by atoms with E-state index in [0.29, 0.717) is 11.4 Å². The van der Waals surface area contributed by atoms with Gasteiger partial charge in [0.1, 0.15) is 12.4 Å². The number of hydrogen-bond acceptors (Lipinski definition) is 5. The monoisotopic (exact) mass is 341 g/mol. The van der Waals surface area contributed by atoms with Crippen LogP contribution in [0.15, 0.2) is 41.3 Å². The summed E-state index contributed by atoms with van der Waals surface area (Å²) in [6.45, 7) is 0.401. The largest absolute Gasteiger partial charge is 0.485 e. The smallest absolute Gasteiger partial charge is 0.415 e. The number of rotatable bonds is 2. The molecule has 128 valence electrons. The molecule has 4 rings (SSSR count). The van der Waals surface area contributed by atoms with Crippen molar-refractivity contribution in [2.75, 3.05) is 18.5 Å². The van der Waals surface area contributed by atoms with E-state index >= 15 is 0 Å². The zero-order chi connectivity index (χ0) is 17.6. The van der Waals surface area contributed by atoms with E-state index in [2.05, 4.69) is 5.32 Å². The van der Waals surface area contributed by atoms with Crippen molar-refractivity contribution in [1.82, 2.24) is 9.88 Å². The fraction of sp³-hybridized carbons (Fsp3) is 0.235. The van der Waals surface area contributed by atoms with Crippen LogP contribution in [0, 0.1) is 0 Å². The molecule has 0 radical (unpaired) electrons. The molecule has 2 aromatic rings. The van der Waals surface area contributed by atoms with Crippen LogP contribution >= 0.6 is 0 Å². The first-order valence-electron chi connectivity index (χ1n) is 7.75. The van der Waals surface area contributed by atoms with Crippen molar-refractivity contribution >= 4 is 17.7 Å². The third kappa shape index (κ3) is 2.51. The summed E-state index contributed by atoms with van der Waals surface area (Å²) in [7, 11) is 1.49. The molecule has 8 heteroatoms. The quantitative estimate of drug-likeness (QED) is 0.873. The van der Waals surface area contributed by atoms with Crippen molar-refractivity contribution < 1.29 is 19.1 Å². The van der Waals surface area contributed by atoms with Gasteiger partial charge in [0.05, 0.1) is 23.6 Å². The van der Waals surface area contributed by atoms with E-state index in [1.807, 2.05) is 4.57 Å². The minimum absolute atomic E-state index is 0.0741. The minimum atomic E-state index is -0.833. The third-order valence-electron chi connectivity index (χ3n) is 4.25. The van der Waals surface area contributed by atoms with E-state index < -0.39 is 12.2 Å². The number of ether oxygens (including phenoxy) is 2. The van der Waals surface area contributed by atoms with Gasteiger partial charge in [-0.2, -0.15) is 0 Å². The summed E-state index contributed by atoms with van der Waals surface area (Å²) in [5, 5.41) is 2.47. The van der Waals surface area contributed by atoms with Crippen molar-refractivity contribution in [2.24, 2.45) is 0 Å². The molecule has 1 saturated heterocycles. The minimum Gasteiger partial charge on any atom is -0.485 e. The predicted octanol–water partition coefficient (Wildman–Crippen LogP) is 0.801.